The molecule has 0 spiro atoms. The van der Waals surface area contributed by atoms with Crippen LogP contribution in [-0.2, 0) is 10.2 Å². The summed E-state index contributed by atoms with van der Waals surface area (Å²) in [6.07, 6.45) is 0.924. The number of carbonyl (C=O) groups is 1. The molecule has 0 saturated carbocycles. The molecule has 0 radical (unpaired) electrons. The normalized spacial score (nSPS) is 11.3. The smallest absolute Gasteiger partial charge is 0.481 e. The molecule has 0 atom stereocenters. The van der Waals surface area contributed by atoms with Gasteiger partial charge in [-0.3, -0.25) is 4.79 Å². The zero-order chi connectivity index (χ0) is 13.1. The van der Waals surface area contributed by atoms with Gasteiger partial charge < -0.3 is 15.2 Å². The lowest BCUT2D eigenvalue weighted by molar-refractivity contribution is -0.144. The monoisotopic (exact) mass is 236 g/mol. The largest absolute Gasteiger partial charge is 0.488 e. The van der Waals surface area contributed by atoms with Crippen molar-refractivity contribution < 1.29 is 19.9 Å². The topological polar surface area (TPSA) is 77.8 Å². The Morgan fingerprint density at radius 3 is 2.29 bits per heavy atom. The predicted octanol–water partition coefficient (Wildman–Crippen LogP) is 0.509. The van der Waals surface area contributed by atoms with Crippen LogP contribution in [0.2, 0.25) is 0 Å². The Bertz CT molecular complexity index is 399. The third kappa shape index (κ3) is 2.51. The Hall–Kier alpha value is -1.33. The van der Waals surface area contributed by atoms with Crippen LogP contribution in [0.15, 0.2) is 24.3 Å². The minimum Gasteiger partial charge on any atom is -0.481 e. The summed E-state index contributed by atoms with van der Waals surface area (Å²) in [5, 5.41) is 27.6. The van der Waals surface area contributed by atoms with Crippen molar-refractivity contribution in [2.45, 2.75) is 32.1 Å². The van der Waals surface area contributed by atoms with Crippen molar-refractivity contribution in [3.05, 3.63) is 29.8 Å². The average molecular weight is 236 g/mol. The molecule has 0 bridgehead atoms. The molecule has 0 saturated heterocycles. The highest BCUT2D eigenvalue weighted by Crippen LogP contribution is 2.31. The maximum atomic E-state index is 11.4. The van der Waals surface area contributed by atoms with Crippen molar-refractivity contribution in [2.75, 3.05) is 0 Å². The summed E-state index contributed by atoms with van der Waals surface area (Å²) in [5.74, 6) is -0.882. The van der Waals surface area contributed by atoms with E-state index in [1.54, 1.807) is 24.3 Å². The summed E-state index contributed by atoms with van der Waals surface area (Å²) in [7, 11) is -1.57. The number of benzene rings is 1. The molecular weight excluding hydrogens is 219 g/mol. The van der Waals surface area contributed by atoms with E-state index in [2.05, 4.69) is 0 Å². The summed E-state index contributed by atoms with van der Waals surface area (Å²) in [6.45, 7) is 3.64. The molecule has 0 aromatic heterocycles. The van der Waals surface area contributed by atoms with Crippen LogP contribution in [-0.4, -0.2) is 28.2 Å². The van der Waals surface area contributed by atoms with Crippen LogP contribution in [0.3, 0.4) is 0 Å². The zero-order valence-corrected chi connectivity index (χ0v) is 10.1. The molecule has 0 unspecified atom stereocenters. The predicted molar refractivity (Wildman–Crippen MR) is 66.2 cm³/mol. The fourth-order valence-corrected chi connectivity index (χ4v) is 2.08. The molecule has 0 heterocycles. The number of hydrogen-bond acceptors (Lipinski definition) is 3. The lowest BCUT2D eigenvalue weighted by atomic mass is 9.72. The van der Waals surface area contributed by atoms with Gasteiger partial charge >= 0.3 is 13.1 Å². The molecule has 17 heavy (non-hydrogen) atoms. The summed E-state index contributed by atoms with van der Waals surface area (Å²) in [4.78, 5) is 11.4. The van der Waals surface area contributed by atoms with Gasteiger partial charge in [0.15, 0.2) is 0 Å². The number of rotatable bonds is 5. The van der Waals surface area contributed by atoms with Crippen molar-refractivity contribution >= 4 is 18.6 Å². The number of carboxylic acids is 1. The highest BCUT2D eigenvalue weighted by Gasteiger charge is 2.37. The summed E-state index contributed by atoms with van der Waals surface area (Å²) >= 11 is 0. The van der Waals surface area contributed by atoms with Crippen molar-refractivity contribution in [3.8, 4) is 0 Å². The van der Waals surface area contributed by atoms with E-state index in [9.17, 15) is 9.90 Å². The Kier molecular flexibility index (Phi) is 4.31. The molecule has 1 aromatic carbocycles. The van der Waals surface area contributed by atoms with E-state index >= 15 is 0 Å². The molecule has 0 aliphatic rings. The lowest BCUT2D eigenvalue weighted by Crippen LogP contribution is -2.37. The van der Waals surface area contributed by atoms with Crippen LogP contribution in [0, 0.1) is 0 Å². The fraction of sp³-hybridized carbons (Fsp3) is 0.417. The van der Waals surface area contributed by atoms with Crippen molar-refractivity contribution in [2.24, 2.45) is 0 Å². The minimum atomic E-state index is -1.57. The summed E-state index contributed by atoms with van der Waals surface area (Å²) in [5.41, 5.74) is -0.0270. The van der Waals surface area contributed by atoms with Gasteiger partial charge in [-0.2, -0.15) is 0 Å². The van der Waals surface area contributed by atoms with Gasteiger partial charge in [0.25, 0.3) is 0 Å². The fourth-order valence-electron chi connectivity index (χ4n) is 2.08. The first-order valence-electron chi connectivity index (χ1n) is 5.68. The van der Waals surface area contributed by atoms with Crippen molar-refractivity contribution in [1.82, 2.24) is 0 Å². The molecule has 0 aliphatic heterocycles. The quantitative estimate of drug-likeness (QED) is 0.651. The zero-order valence-electron chi connectivity index (χ0n) is 10.1. The standard InChI is InChI=1S/C12H17BO4/c1-3-12(4-2,11(14)15)9-6-5-7-10(8-9)13(16)17/h5-8,16-17H,3-4H2,1-2H3,(H,14,15). The molecule has 5 heteroatoms. The first-order valence-corrected chi connectivity index (χ1v) is 5.68. The molecule has 1 aromatic rings. The van der Waals surface area contributed by atoms with Gasteiger partial charge in [0.05, 0.1) is 5.41 Å². The molecule has 1 rings (SSSR count). The summed E-state index contributed by atoms with van der Waals surface area (Å²) < 4.78 is 0. The first-order chi connectivity index (χ1) is 7.97. The van der Waals surface area contributed by atoms with E-state index in [0.717, 1.165) is 0 Å². The average Bonchev–Trinajstić information content (AvgIpc) is 2.31. The SMILES string of the molecule is CCC(CC)(C(=O)O)c1cccc(B(O)O)c1. The maximum Gasteiger partial charge on any atom is 0.488 e. The van der Waals surface area contributed by atoms with Crippen LogP contribution in [0.25, 0.3) is 0 Å². The van der Waals surface area contributed by atoms with E-state index in [1.165, 1.54) is 0 Å². The Balaban J connectivity index is 3.28. The van der Waals surface area contributed by atoms with Gasteiger partial charge in [0, 0.05) is 0 Å². The maximum absolute atomic E-state index is 11.4. The Morgan fingerprint density at radius 1 is 1.29 bits per heavy atom. The van der Waals surface area contributed by atoms with Gasteiger partial charge in [-0.1, -0.05) is 38.1 Å². The molecule has 3 N–H and O–H groups in total. The number of carboxylic acid groups (broad SMARTS) is 1. The van der Waals surface area contributed by atoms with E-state index < -0.39 is 18.5 Å². The van der Waals surface area contributed by atoms with Gasteiger partial charge in [0.2, 0.25) is 0 Å². The van der Waals surface area contributed by atoms with E-state index in [-0.39, 0.29) is 0 Å². The molecule has 92 valence electrons. The third-order valence-corrected chi connectivity index (χ3v) is 3.35. The van der Waals surface area contributed by atoms with Crippen LogP contribution in [0.4, 0.5) is 0 Å². The van der Waals surface area contributed by atoms with Gasteiger partial charge in [-0.25, -0.2) is 0 Å². The Morgan fingerprint density at radius 2 is 1.88 bits per heavy atom. The van der Waals surface area contributed by atoms with E-state index in [4.69, 9.17) is 10.0 Å². The lowest BCUT2D eigenvalue weighted by Gasteiger charge is -2.27. The third-order valence-electron chi connectivity index (χ3n) is 3.35. The molecule has 4 nitrogen and oxygen atoms in total. The Labute approximate surface area is 101 Å². The molecule has 0 aliphatic carbocycles. The summed E-state index contributed by atoms with van der Waals surface area (Å²) in [6, 6.07) is 6.47. The highest BCUT2D eigenvalue weighted by atomic mass is 16.4. The van der Waals surface area contributed by atoms with E-state index in [1.807, 2.05) is 13.8 Å². The minimum absolute atomic E-state index is 0.315. The number of hydrogen-bond donors (Lipinski definition) is 3. The first kappa shape index (κ1) is 13.7. The van der Waals surface area contributed by atoms with E-state index in [0.29, 0.717) is 23.9 Å². The second kappa shape index (κ2) is 5.34. The van der Waals surface area contributed by atoms with Crippen LogP contribution >= 0.6 is 0 Å². The number of aliphatic carboxylic acids is 1. The molecule has 0 fully saturated rings. The van der Waals surface area contributed by atoms with Gasteiger partial charge in [-0.05, 0) is 23.9 Å². The van der Waals surface area contributed by atoms with Crippen molar-refractivity contribution in [3.63, 3.8) is 0 Å². The molecule has 0 amide bonds. The van der Waals surface area contributed by atoms with Crippen LogP contribution in [0.1, 0.15) is 32.3 Å². The van der Waals surface area contributed by atoms with Gasteiger partial charge in [-0.15, -0.1) is 0 Å². The second-order valence-electron chi connectivity index (χ2n) is 4.09. The van der Waals surface area contributed by atoms with Crippen LogP contribution in [0.5, 0.6) is 0 Å². The highest BCUT2D eigenvalue weighted by molar-refractivity contribution is 6.58. The van der Waals surface area contributed by atoms with Crippen LogP contribution < -0.4 is 5.46 Å². The second-order valence-corrected chi connectivity index (χ2v) is 4.09. The van der Waals surface area contributed by atoms with Gasteiger partial charge in [0.1, 0.15) is 0 Å². The van der Waals surface area contributed by atoms with Crippen molar-refractivity contribution in [1.29, 1.82) is 0 Å². The molecular formula is C12H17BO4.